The molecule has 17 heavy (non-hydrogen) atoms. The van der Waals surface area contributed by atoms with Crippen molar-refractivity contribution in [3.05, 3.63) is 52.9 Å². The SMILES string of the molecule is Cc1cc(CS(=O)Cc2ccccc2C)on1. The van der Waals surface area contributed by atoms with E-state index in [-0.39, 0.29) is 0 Å². The number of nitrogens with zero attached hydrogens (tertiary/aromatic N) is 1. The van der Waals surface area contributed by atoms with Gasteiger partial charge in [0.15, 0.2) is 0 Å². The third-order valence-electron chi connectivity index (χ3n) is 2.56. The quantitative estimate of drug-likeness (QED) is 0.836. The first-order chi connectivity index (χ1) is 8.15. The van der Waals surface area contributed by atoms with Crippen LogP contribution in [0.2, 0.25) is 0 Å². The first-order valence-corrected chi connectivity index (χ1v) is 6.95. The number of rotatable bonds is 4. The fourth-order valence-electron chi connectivity index (χ4n) is 1.64. The van der Waals surface area contributed by atoms with Crippen molar-refractivity contribution in [3.8, 4) is 0 Å². The van der Waals surface area contributed by atoms with Gasteiger partial charge in [0, 0.05) is 22.6 Å². The molecule has 90 valence electrons. The molecule has 0 fully saturated rings. The molecule has 0 saturated carbocycles. The fourth-order valence-corrected chi connectivity index (χ4v) is 2.87. The van der Waals surface area contributed by atoms with Crippen LogP contribution in [-0.4, -0.2) is 9.37 Å². The summed E-state index contributed by atoms with van der Waals surface area (Å²) < 4.78 is 17.0. The highest BCUT2D eigenvalue weighted by Crippen LogP contribution is 2.13. The second kappa shape index (κ2) is 5.27. The van der Waals surface area contributed by atoms with Crippen molar-refractivity contribution in [3.63, 3.8) is 0 Å². The number of aryl methyl sites for hydroxylation is 2. The van der Waals surface area contributed by atoms with Gasteiger partial charge in [-0.3, -0.25) is 4.21 Å². The van der Waals surface area contributed by atoms with Gasteiger partial charge in [0.25, 0.3) is 0 Å². The Labute approximate surface area is 103 Å². The van der Waals surface area contributed by atoms with Gasteiger partial charge in [0.1, 0.15) is 5.76 Å². The zero-order valence-electron chi connectivity index (χ0n) is 9.97. The van der Waals surface area contributed by atoms with Gasteiger partial charge in [0.2, 0.25) is 0 Å². The van der Waals surface area contributed by atoms with Crippen LogP contribution in [0.15, 0.2) is 34.9 Å². The average Bonchev–Trinajstić information content (AvgIpc) is 2.67. The van der Waals surface area contributed by atoms with E-state index in [0.717, 1.165) is 11.3 Å². The summed E-state index contributed by atoms with van der Waals surface area (Å²) in [7, 11) is -0.953. The Morgan fingerprint density at radius 2 is 2.00 bits per heavy atom. The second-order valence-corrected chi connectivity index (χ2v) is 5.55. The maximum Gasteiger partial charge on any atom is 0.149 e. The molecule has 0 aliphatic heterocycles. The fraction of sp³-hybridized carbons (Fsp3) is 0.308. The molecule has 0 amide bonds. The third-order valence-corrected chi connectivity index (χ3v) is 3.80. The monoisotopic (exact) mass is 249 g/mol. The molecule has 1 heterocycles. The van der Waals surface area contributed by atoms with E-state index in [1.165, 1.54) is 5.56 Å². The Morgan fingerprint density at radius 1 is 1.24 bits per heavy atom. The molecule has 2 rings (SSSR count). The van der Waals surface area contributed by atoms with Crippen molar-refractivity contribution in [2.75, 3.05) is 0 Å². The van der Waals surface area contributed by atoms with Crippen LogP contribution in [0, 0.1) is 13.8 Å². The largest absolute Gasteiger partial charge is 0.360 e. The summed E-state index contributed by atoms with van der Waals surface area (Å²) >= 11 is 0. The van der Waals surface area contributed by atoms with E-state index in [2.05, 4.69) is 5.16 Å². The van der Waals surface area contributed by atoms with E-state index in [0.29, 0.717) is 17.3 Å². The molecular formula is C13H15NO2S. The summed E-state index contributed by atoms with van der Waals surface area (Å²) in [5.74, 6) is 1.68. The van der Waals surface area contributed by atoms with Gasteiger partial charge in [-0.2, -0.15) is 0 Å². The van der Waals surface area contributed by atoms with Crippen molar-refractivity contribution >= 4 is 10.8 Å². The van der Waals surface area contributed by atoms with Crippen LogP contribution in [0.25, 0.3) is 0 Å². The van der Waals surface area contributed by atoms with Crippen LogP contribution in [-0.2, 0) is 22.3 Å². The molecule has 3 nitrogen and oxygen atoms in total. The maximum atomic E-state index is 12.0. The summed E-state index contributed by atoms with van der Waals surface area (Å²) in [4.78, 5) is 0. The highest BCUT2D eigenvalue weighted by atomic mass is 32.2. The zero-order chi connectivity index (χ0) is 12.3. The first-order valence-electron chi connectivity index (χ1n) is 5.47. The summed E-state index contributed by atoms with van der Waals surface area (Å²) in [5.41, 5.74) is 3.13. The van der Waals surface area contributed by atoms with Gasteiger partial charge >= 0.3 is 0 Å². The Bertz CT molecular complexity index is 534. The smallest absolute Gasteiger partial charge is 0.149 e. The van der Waals surface area contributed by atoms with E-state index in [1.54, 1.807) is 0 Å². The molecule has 0 spiro atoms. The lowest BCUT2D eigenvalue weighted by Gasteiger charge is -2.04. The van der Waals surface area contributed by atoms with Crippen LogP contribution >= 0.6 is 0 Å². The van der Waals surface area contributed by atoms with Gasteiger partial charge in [-0.25, -0.2) is 0 Å². The van der Waals surface area contributed by atoms with Crippen molar-refractivity contribution in [1.82, 2.24) is 5.16 Å². The summed E-state index contributed by atoms with van der Waals surface area (Å²) in [6.07, 6.45) is 0. The van der Waals surface area contributed by atoms with Crippen molar-refractivity contribution in [2.24, 2.45) is 0 Å². The standard InChI is InChI=1S/C13H15NO2S/c1-10-5-3-4-6-12(10)8-17(15)9-13-7-11(2)14-16-13/h3-7H,8-9H2,1-2H3. The van der Waals surface area contributed by atoms with E-state index in [9.17, 15) is 4.21 Å². The van der Waals surface area contributed by atoms with Crippen LogP contribution < -0.4 is 0 Å². The van der Waals surface area contributed by atoms with E-state index in [1.807, 2.05) is 44.2 Å². The van der Waals surface area contributed by atoms with Crippen LogP contribution in [0.4, 0.5) is 0 Å². The van der Waals surface area contributed by atoms with Crippen molar-refractivity contribution in [2.45, 2.75) is 25.4 Å². The van der Waals surface area contributed by atoms with Gasteiger partial charge in [-0.15, -0.1) is 0 Å². The lowest BCUT2D eigenvalue weighted by molar-refractivity contribution is 0.390. The molecule has 0 aliphatic rings. The molecule has 1 atom stereocenters. The average molecular weight is 249 g/mol. The first kappa shape index (κ1) is 12.0. The van der Waals surface area contributed by atoms with Crippen molar-refractivity contribution in [1.29, 1.82) is 0 Å². The lowest BCUT2D eigenvalue weighted by Crippen LogP contribution is -2.00. The molecule has 0 bridgehead atoms. The van der Waals surface area contributed by atoms with E-state index < -0.39 is 10.8 Å². The molecule has 4 heteroatoms. The highest BCUT2D eigenvalue weighted by molar-refractivity contribution is 7.83. The van der Waals surface area contributed by atoms with E-state index in [4.69, 9.17) is 4.52 Å². The lowest BCUT2D eigenvalue weighted by atomic mass is 10.1. The topological polar surface area (TPSA) is 43.1 Å². The van der Waals surface area contributed by atoms with Crippen LogP contribution in [0.3, 0.4) is 0 Å². The molecule has 0 N–H and O–H groups in total. The zero-order valence-corrected chi connectivity index (χ0v) is 10.8. The molecular weight excluding hydrogens is 234 g/mol. The highest BCUT2D eigenvalue weighted by Gasteiger charge is 2.08. The Morgan fingerprint density at radius 3 is 2.65 bits per heavy atom. The van der Waals surface area contributed by atoms with Crippen LogP contribution in [0.1, 0.15) is 22.6 Å². The second-order valence-electron chi connectivity index (χ2n) is 4.09. The number of aromatic nitrogens is 1. The summed E-state index contributed by atoms with van der Waals surface area (Å²) in [5, 5.41) is 3.78. The van der Waals surface area contributed by atoms with Crippen molar-refractivity contribution < 1.29 is 8.73 Å². The Kier molecular flexibility index (Phi) is 3.74. The summed E-state index contributed by atoms with van der Waals surface area (Å²) in [6.45, 7) is 3.89. The Hall–Kier alpha value is -1.42. The van der Waals surface area contributed by atoms with Gasteiger partial charge in [-0.05, 0) is 25.0 Å². The minimum atomic E-state index is -0.953. The molecule has 1 aromatic heterocycles. The van der Waals surface area contributed by atoms with E-state index >= 15 is 0 Å². The summed E-state index contributed by atoms with van der Waals surface area (Å²) in [6, 6.07) is 9.83. The molecule has 2 aromatic rings. The van der Waals surface area contributed by atoms with Gasteiger partial charge in [0.05, 0.1) is 11.4 Å². The minimum Gasteiger partial charge on any atom is -0.360 e. The normalized spacial score (nSPS) is 12.6. The molecule has 1 aromatic carbocycles. The third kappa shape index (κ3) is 3.27. The van der Waals surface area contributed by atoms with Crippen LogP contribution in [0.5, 0.6) is 0 Å². The molecule has 0 saturated heterocycles. The van der Waals surface area contributed by atoms with Gasteiger partial charge < -0.3 is 4.52 Å². The Balaban J connectivity index is 2.01. The molecule has 0 aliphatic carbocycles. The molecule has 0 radical (unpaired) electrons. The predicted octanol–water partition coefficient (Wildman–Crippen LogP) is 2.74. The number of benzene rings is 1. The number of hydrogen-bond donors (Lipinski definition) is 0. The molecule has 1 unspecified atom stereocenters. The predicted molar refractivity (Wildman–Crippen MR) is 68.0 cm³/mol. The minimum absolute atomic E-state index is 0.426. The number of hydrogen-bond acceptors (Lipinski definition) is 3. The van der Waals surface area contributed by atoms with Gasteiger partial charge in [-0.1, -0.05) is 29.4 Å². The maximum absolute atomic E-state index is 12.0.